The summed E-state index contributed by atoms with van der Waals surface area (Å²) in [5.74, 6) is -0.434. The van der Waals surface area contributed by atoms with E-state index in [4.69, 9.17) is 0 Å². The van der Waals surface area contributed by atoms with Crippen LogP contribution in [0.3, 0.4) is 0 Å². The van der Waals surface area contributed by atoms with Crippen molar-refractivity contribution in [3.05, 3.63) is 65.7 Å². The van der Waals surface area contributed by atoms with Gasteiger partial charge in [0.1, 0.15) is 11.6 Å². The van der Waals surface area contributed by atoms with E-state index >= 15 is 0 Å². The molecular weight excluding hydrogens is 348 g/mol. The van der Waals surface area contributed by atoms with Gasteiger partial charge in [-0.1, -0.05) is 12.1 Å². The molecule has 1 amide bonds. The number of hydrogen-bond acceptors (Lipinski definition) is 2. The van der Waals surface area contributed by atoms with E-state index in [1.54, 1.807) is 24.3 Å². The number of quaternary nitrogens is 1. The van der Waals surface area contributed by atoms with Gasteiger partial charge in [-0.15, -0.1) is 0 Å². The second kappa shape index (κ2) is 8.95. The fourth-order valence-corrected chi connectivity index (χ4v) is 3.46. The highest BCUT2D eigenvalue weighted by Gasteiger charge is 2.29. The van der Waals surface area contributed by atoms with Crippen molar-refractivity contribution in [2.24, 2.45) is 0 Å². The lowest BCUT2D eigenvalue weighted by molar-refractivity contribution is -0.914. The molecular formula is C21H26F2N3O+. The number of nitrogens with zero attached hydrogens (tertiary/aromatic N) is 1. The Kier molecular flexibility index (Phi) is 6.40. The van der Waals surface area contributed by atoms with Gasteiger partial charge in [-0.2, -0.15) is 0 Å². The lowest BCUT2D eigenvalue weighted by Gasteiger charge is -2.36. The summed E-state index contributed by atoms with van der Waals surface area (Å²) in [4.78, 5) is 15.9. The lowest BCUT2D eigenvalue weighted by Crippen LogP contribution is -3.19. The van der Waals surface area contributed by atoms with Gasteiger partial charge in [-0.05, 0) is 55.3 Å². The molecule has 1 aliphatic rings. The number of rotatable bonds is 6. The Morgan fingerprint density at radius 1 is 1.04 bits per heavy atom. The van der Waals surface area contributed by atoms with Crippen molar-refractivity contribution in [3.8, 4) is 0 Å². The Morgan fingerprint density at radius 2 is 1.59 bits per heavy atom. The summed E-state index contributed by atoms with van der Waals surface area (Å²) < 4.78 is 26.0. The number of hydrogen-bond donors (Lipinski definition) is 2. The molecule has 1 atom stereocenters. The van der Waals surface area contributed by atoms with Crippen LogP contribution in [-0.4, -0.2) is 44.7 Å². The van der Waals surface area contributed by atoms with E-state index in [0.29, 0.717) is 13.0 Å². The van der Waals surface area contributed by atoms with Crippen LogP contribution < -0.4 is 15.1 Å². The zero-order chi connectivity index (χ0) is 19.2. The van der Waals surface area contributed by atoms with Gasteiger partial charge >= 0.3 is 0 Å². The Bertz CT molecular complexity index is 741. The van der Waals surface area contributed by atoms with Crippen LogP contribution in [0.1, 0.15) is 12.5 Å². The quantitative estimate of drug-likeness (QED) is 0.802. The van der Waals surface area contributed by atoms with Crippen molar-refractivity contribution in [1.29, 1.82) is 0 Å². The molecule has 0 unspecified atom stereocenters. The average molecular weight is 374 g/mol. The molecule has 144 valence electrons. The molecule has 0 aromatic heterocycles. The van der Waals surface area contributed by atoms with Crippen LogP contribution in [0, 0.1) is 11.6 Å². The van der Waals surface area contributed by atoms with Crippen LogP contribution in [0.2, 0.25) is 0 Å². The summed E-state index contributed by atoms with van der Waals surface area (Å²) in [5, 5.41) is 2.98. The number of nitrogens with one attached hydrogen (secondary N) is 2. The average Bonchev–Trinajstić information content (AvgIpc) is 2.69. The highest BCUT2D eigenvalue weighted by atomic mass is 19.1. The van der Waals surface area contributed by atoms with Gasteiger partial charge < -0.3 is 15.1 Å². The first-order valence-corrected chi connectivity index (χ1v) is 9.40. The summed E-state index contributed by atoms with van der Waals surface area (Å²) in [6.45, 7) is 5.91. The predicted octanol–water partition coefficient (Wildman–Crippen LogP) is 1.42. The molecule has 2 aromatic carbocycles. The van der Waals surface area contributed by atoms with Crippen molar-refractivity contribution in [2.45, 2.75) is 19.4 Å². The molecule has 1 saturated heterocycles. The maximum atomic E-state index is 13.1. The van der Waals surface area contributed by atoms with Crippen LogP contribution >= 0.6 is 0 Å². The predicted molar refractivity (Wildman–Crippen MR) is 102 cm³/mol. The number of carbonyl (C=O) groups is 1. The normalized spacial score (nSPS) is 16.2. The number of benzene rings is 2. The molecule has 2 N–H and O–H groups in total. The van der Waals surface area contributed by atoms with E-state index in [1.807, 2.05) is 6.92 Å². The van der Waals surface area contributed by atoms with E-state index in [9.17, 15) is 13.6 Å². The van der Waals surface area contributed by atoms with E-state index in [-0.39, 0.29) is 23.6 Å². The lowest BCUT2D eigenvalue weighted by atomic mass is 10.1. The number of halogens is 2. The zero-order valence-corrected chi connectivity index (χ0v) is 15.6. The van der Waals surface area contributed by atoms with Gasteiger partial charge in [0.05, 0.1) is 26.2 Å². The van der Waals surface area contributed by atoms with Gasteiger partial charge in [0, 0.05) is 12.2 Å². The monoisotopic (exact) mass is 374 g/mol. The molecule has 0 bridgehead atoms. The zero-order valence-electron chi connectivity index (χ0n) is 15.6. The first kappa shape index (κ1) is 19.3. The van der Waals surface area contributed by atoms with Crippen LogP contribution in [0.5, 0.6) is 0 Å². The van der Waals surface area contributed by atoms with E-state index in [2.05, 4.69) is 10.2 Å². The molecule has 0 saturated carbocycles. The molecule has 0 radical (unpaired) electrons. The van der Waals surface area contributed by atoms with Crippen molar-refractivity contribution in [3.63, 3.8) is 0 Å². The largest absolute Gasteiger partial charge is 0.360 e. The van der Waals surface area contributed by atoms with Gasteiger partial charge in [0.25, 0.3) is 5.91 Å². The summed E-state index contributed by atoms with van der Waals surface area (Å²) in [6, 6.07) is 12.8. The van der Waals surface area contributed by atoms with Crippen molar-refractivity contribution >= 4 is 11.6 Å². The topological polar surface area (TPSA) is 36.8 Å². The molecule has 1 aliphatic heterocycles. The molecule has 0 spiro atoms. The summed E-state index contributed by atoms with van der Waals surface area (Å²) in [7, 11) is 0. The number of anilines is 1. The molecule has 1 fully saturated rings. The van der Waals surface area contributed by atoms with Crippen LogP contribution in [0.4, 0.5) is 14.5 Å². The first-order chi connectivity index (χ1) is 13.0. The smallest absolute Gasteiger partial charge is 0.278 e. The Balaban J connectivity index is 1.42. The van der Waals surface area contributed by atoms with Gasteiger partial charge in [-0.3, -0.25) is 4.79 Å². The minimum atomic E-state index is -0.250. The van der Waals surface area contributed by atoms with Crippen LogP contribution in [-0.2, 0) is 11.2 Å². The number of piperazine rings is 1. The SMILES string of the molecule is C[C@H](C(=O)NCCc1ccc(F)cc1)[NH+]1CCN(c2ccc(F)cc2)CC1. The third kappa shape index (κ3) is 5.26. The van der Waals surface area contributed by atoms with Gasteiger partial charge in [0.2, 0.25) is 0 Å². The number of amides is 1. The molecule has 6 heteroatoms. The highest BCUT2D eigenvalue weighted by Crippen LogP contribution is 2.14. The highest BCUT2D eigenvalue weighted by molar-refractivity contribution is 5.79. The van der Waals surface area contributed by atoms with Gasteiger partial charge in [-0.25, -0.2) is 8.78 Å². The second-order valence-corrected chi connectivity index (χ2v) is 7.01. The summed E-state index contributed by atoms with van der Waals surface area (Å²) >= 11 is 0. The second-order valence-electron chi connectivity index (χ2n) is 7.01. The van der Waals surface area contributed by atoms with E-state index in [0.717, 1.165) is 37.4 Å². The minimum absolute atomic E-state index is 0.0438. The fraction of sp³-hybridized carbons (Fsp3) is 0.381. The first-order valence-electron chi connectivity index (χ1n) is 9.40. The fourth-order valence-electron chi connectivity index (χ4n) is 3.46. The Hall–Kier alpha value is -2.47. The molecule has 4 nitrogen and oxygen atoms in total. The summed E-state index contributed by atoms with van der Waals surface area (Å²) in [5.41, 5.74) is 2.02. The molecule has 27 heavy (non-hydrogen) atoms. The van der Waals surface area contributed by atoms with Crippen molar-refractivity contribution in [2.75, 3.05) is 37.6 Å². The van der Waals surface area contributed by atoms with Crippen molar-refractivity contribution in [1.82, 2.24) is 5.32 Å². The van der Waals surface area contributed by atoms with Crippen LogP contribution in [0.15, 0.2) is 48.5 Å². The Morgan fingerprint density at radius 3 is 2.19 bits per heavy atom. The maximum absolute atomic E-state index is 13.1. The third-order valence-corrected chi connectivity index (χ3v) is 5.23. The van der Waals surface area contributed by atoms with E-state index in [1.165, 1.54) is 29.2 Å². The maximum Gasteiger partial charge on any atom is 0.278 e. The molecule has 1 heterocycles. The van der Waals surface area contributed by atoms with Gasteiger partial charge in [0.15, 0.2) is 6.04 Å². The van der Waals surface area contributed by atoms with Crippen molar-refractivity contribution < 1.29 is 18.5 Å². The summed E-state index contributed by atoms with van der Waals surface area (Å²) in [6.07, 6.45) is 0.687. The Labute approximate surface area is 158 Å². The standard InChI is InChI=1S/C21H25F2N3O/c1-16(21(27)24-11-10-17-2-4-18(22)5-3-17)25-12-14-26(15-13-25)20-8-6-19(23)7-9-20/h2-9,16H,10-15H2,1H3,(H,24,27)/p+1/t16-/m1/s1. The van der Waals surface area contributed by atoms with Crippen LogP contribution in [0.25, 0.3) is 0 Å². The minimum Gasteiger partial charge on any atom is -0.360 e. The molecule has 0 aliphatic carbocycles. The third-order valence-electron chi connectivity index (χ3n) is 5.23. The van der Waals surface area contributed by atoms with E-state index < -0.39 is 0 Å². The molecule has 2 aromatic rings. The molecule has 3 rings (SSSR count). The number of carbonyl (C=O) groups excluding carboxylic acids is 1.